The minimum atomic E-state index is 0.715. The van der Waals surface area contributed by atoms with Crippen LogP contribution in [-0.4, -0.2) is 37.6 Å². The summed E-state index contributed by atoms with van der Waals surface area (Å²) < 4.78 is 0.886. The lowest BCUT2D eigenvalue weighted by Gasteiger charge is -2.37. The fraction of sp³-hybridized carbons (Fsp3) is 0.533. The van der Waals surface area contributed by atoms with Crippen molar-refractivity contribution in [3.8, 4) is 6.07 Å². The molecule has 1 aromatic carbocycles. The Hall–Kier alpha value is -1.05. The van der Waals surface area contributed by atoms with Crippen LogP contribution in [0, 0.1) is 17.2 Å². The van der Waals surface area contributed by atoms with Crippen LogP contribution in [0.4, 0.5) is 5.69 Å². The van der Waals surface area contributed by atoms with E-state index in [-0.39, 0.29) is 0 Å². The molecule has 2 rings (SSSR count). The van der Waals surface area contributed by atoms with Gasteiger partial charge in [0, 0.05) is 37.2 Å². The molecule has 0 amide bonds. The van der Waals surface area contributed by atoms with Crippen molar-refractivity contribution in [2.75, 3.05) is 37.6 Å². The van der Waals surface area contributed by atoms with E-state index in [2.05, 4.69) is 45.6 Å². The second-order valence-corrected chi connectivity index (χ2v) is 6.28. The fourth-order valence-electron chi connectivity index (χ4n) is 2.57. The number of hydrogen-bond donors (Lipinski definition) is 0. The summed E-state index contributed by atoms with van der Waals surface area (Å²) in [6, 6.07) is 8.27. The topological polar surface area (TPSA) is 30.3 Å². The van der Waals surface area contributed by atoms with Gasteiger partial charge in [-0.2, -0.15) is 5.26 Å². The Morgan fingerprint density at radius 3 is 2.53 bits per heavy atom. The van der Waals surface area contributed by atoms with Gasteiger partial charge in [-0.15, -0.1) is 0 Å². The molecule has 0 bridgehead atoms. The maximum atomic E-state index is 9.28. The van der Waals surface area contributed by atoms with Gasteiger partial charge in [0.15, 0.2) is 0 Å². The molecule has 0 aliphatic carbocycles. The van der Waals surface area contributed by atoms with Gasteiger partial charge in [-0.25, -0.2) is 0 Å². The number of hydrogen-bond acceptors (Lipinski definition) is 3. The first kappa shape index (κ1) is 14.4. The summed E-state index contributed by atoms with van der Waals surface area (Å²) in [6.07, 6.45) is 0. The number of nitriles is 1. The fourth-order valence-corrected chi connectivity index (χ4v) is 3.02. The van der Waals surface area contributed by atoms with Crippen molar-refractivity contribution in [3.05, 3.63) is 28.2 Å². The van der Waals surface area contributed by atoms with Crippen LogP contribution in [0.2, 0.25) is 0 Å². The van der Waals surface area contributed by atoms with Crippen LogP contribution in [0.1, 0.15) is 19.4 Å². The molecule has 0 unspecified atom stereocenters. The van der Waals surface area contributed by atoms with Gasteiger partial charge in [-0.05, 0) is 34.0 Å². The average Bonchev–Trinajstić information content (AvgIpc) is 2.38. The average molecular weight is 322 g/mol. The standard InChI is InChI=1S/C15H20BrN3/c1-12(2)11-18-6-8-19(9-7-18)15-5-3-4-14(16)13(15)10-17/h3-5,12H,6-9,11H2,1-2H3. The van der Waals surface area contributed by atoms with Crippen LogP contribution in [0.25, 0.3) is 0 Å². The number of nitrogens with zero attached hydrogens (tertiary/aromatic N) is 3. The second kappa shape index (κ2) is 6.40. The predicted octanol–water partition coefficient (Wildman–Crippen LogP) is 3.10. The van der Waals surface area contributed by atoms with Gasteiger partial charge in [-0.1, -0.05) is 19.9 Å². The molecule has 1 aliphatic rings. The quantitative estimate of drug-likeness (QED) is 0.857. The Kier molecular flexibility index (Phi) is 4.84. The zero-order chi connectivity index (χ0) is 13.8. The molecule has 3 nitrogen and oxygen atoms in total. The molecule has 1 aromatic rings. The van der Waals surface area contributed by atoms with E-state index in [0.29, 0.717) is 5.92 Å². The second-order valence-electron chi connectivity index (χ2n) is 5.43. The van der Waals surface area contributed by atoms with E-state index < -0.39 is 0 Å². The Bertz CT molecular complexity index is 471. The van der Waals surface area contributed by atoms with Crippen LogP contribution >= 0.6 is 15.9 Å². The monoisotopic (exact) mass is 321 g/mol. The number of rotatable bonds is 3. The zero-order valence-corrected chi connectivity index (χ0v) is 13.2. The molecule has 1 heterocycles. The Balaban J connectivity index is 2.06. The third kappa shape index (κ3) is 3.49. The normalized spacial score (nSPS) is 16.7. The predicted molar refractivity (Wildman–Crippen MR) is 82.3 cm³/mol. The summed E-state index contributed by atoms with van der Waals surface area (Å²) in [7, 11) is 0. The molecule has 102 valence electrons. The molecular formula is C15H20BrN3. The van der Waals surface area contributed by atoms with E-state index in [1.165, 1.54) is 0 Å². The maximum Gasteiger partial charge on any atom is 0.103 e. The summed E-state index contributed by atoms with van der Waals surface area (Å²) in [5.41, 5.74) is 1.81. The molecule has 0 radical (unpaired) electrons. The Morgan fingerprint density at radius 1 is 1.26 bits per heavy atom. The molecule has 0 aromatic heterocycles. The van der Waals surface area contributed by atoms with Crippen LogP contribution < -0.4 is 4.90 Å². The van der Waals surface area contributed by atoms with Crippen molar-refractivity contribution >= 4 is 21.6 Å². The third-order valence-electron chi connectivity index (χ3n) is 3.44. The van der Waals surface area contributed by atoms with Crippen molar-refractivity contribution < 1.29 is 0 Å². The van der Waals surface area contributed by atoms with Crippen molar-refractivity contribution in [3.63, 3.8) is 0 Å². The van der Waals surface area contributed by atoms with Crippen LogP contribution in [-0.2, 0) is 0 Å². The van der Waals surface area contributed by atoms with E-state index in [1.54, 1.807) is 0 Å². The molecule has 0 atom stereocenters. The van der Waals surface area contributed by atoms with Gasteiger partial charge >= 0.3 is 0 Å². The smallest absolute Gasteiger partial charge is 0.103 e. The number of halogens is 1. The summed E-state index contributed by atoms with van der Waals surface area (Å²) in [5, 5.41) is 9.28. The number of anilines is 1. The molecule has 0 saturated carbocycles. The van der Waals surface area contributed by atoms with Gasteiger partial charge in [0.1, 0.15) is 6.07 Å². The molecule has 1 fully saturated rings. The molecule has 4 heteroatoms. The molecule has 0 spiro atoms. The van der Waals surface area contributed by atoms with Gasteiger partial charge in [0.05, 0.1) is 11.3 Å². The SMILES string of the molecule is CC(C)CN1CCN(c2cccc(Br)c2C#N)CC1. The lowest BCUT2D eigenvalue weighted by molar-refractivity contribution is 0.231. The highest BCUT2D eigenvalue weighted by Crippen LogP contribution is 2.27. The van der Waals surface area contributed by atoms with E-state index in [4.69, 9.17) is 0 Å². The third-order valence-corrected chi connectivity index (χ3v) is 4.10. The van der Waals surface area contributed by atoms with E-state index in [9.17, 15) is 5.26 Å². The summed E-state index contributed by atoms with van der Waals surface area (Å²) >= 11 is 3.46. The molecular weight excluding hydrogens is 302 g/mol. The minimum absolute atomic E-state index is 0.715. The lowest BCUT2D eigenvalue weighted by Crippen LogP contribution is -2.47. The van der Waals surface area contributed by atoms with Gasteiger partial charge < -0.3 is 4.90 Å². The van der Waals surface area contributed by atoms with Crippen LogP contribution in [0.5, 0.6) is 0 Å². The first-order valence-corrected chi connectivity index (χ1v) is 7.57. The Labute approximate surface area is 123 Å². The minimum Gasteiger partial charge on any atom is -0.368 e. The zero-order valence-electron chi connectivity index (χ0n) is 11.6. The largest absolute Gasteiger partial charge is 0.368 e. The maximum absolute atomic E-state index is 9.28. The van der Waals surface area contributed by atoms with Crippen LogP contribution in [0.15, 0.2) is 22.7 Å². The summed E-state index contributed by atoms with van der Waals surface area (Å²) in [5.74, 6) is 0.715. The highest BCUT2D eigenvalue weighted by molar-refractivity contribution is 9.10. The lowest BCUT2D eigenvalue weighted by atomic mass is 10.1. The molecule has 0 N–H and O–H groups in total. The molecule has 1 saturated heterocycles. The van der Waals surface area contributed by atoms with Crippen LogP contribution in [0.3, 0.4) is 0 Å². The van der Waals surface area contributed by atoms with Crippen molar-refractivity contribution in [1.29, 1.82) is 5.26 Å². The van der Waals surface area contributed by atoms with E-state index in [1.807, 2.05) is 18.2 Å². The summed E-state index contributed by atoms with van der Waals surface area (Å²) in [4.78, 5) is 4.82. The van der Waals surface area contributed by atoms with E-state index >= 15 is 0 Å². The van der Waals surface area contributed by atoms with Gasteiger partial charge in [0.25, 0.3) is 0 Å². The number of benzene rings is 1. The molecule has 19 heavy (non-hydrogen) atoms. The highest BCUT2D eigenvalue weighted by Gasteiger charge is 2.20. The van der Waals surface area contributed by atoms with Crippen molar-refractivity contribution in [2.45, 2.75) is 13.8 Å². The van der Waals surface area contributed by atoms with Gasteiger partial charge in [-0.3, -0.25) is 4.90 Å². The first-order valence-electron chi connectivity index (χ1n) is 6.77. The van der Waals surface area contributed by atoms with Crippen molar-refractivity contribution in [2.24, 2.45) is 5.92 Å². The first-order chi connectivity index (χ1) is 9.11. The van der Waals surface area contributed by atoms with Crippen molar-refractivity contribution in [1.82, 2.24) is 4.90 Å². The molecule has 1 aliphatic heterocycles. The van der Waals surface area contributed by atoms with E-state index in [0.717, 1.165) is 48.4 Å². The van der Waals surface area contributed by atoms with Gasteiger partial charge in [0.2, 0.25) is 0 Å². The highest BCUT2D eigenvalue weighted by atomic mass is 79.9. The Morgan fingerprint density at radius 2 is 1.95 bits per heavy atom. The number of piperazine rings is 1. The summed E-state index contributed by atoms with van der Waals surface area (Å²) in [6.45, 7) is 9.83.